The van der Waals surface area contributed by atoms with Gasteiger partial charge in [0.05, 0.1) is 23.7 Å². The predicted octanol–water partition coefficient (Wildman–Crippen LogP) is -2.18. The van der Waals surface area contributed by atoms with Crippen LogP contribution < -0.4 is 20.6 Å². The number of carboxylic acids is 1. The fraction of sp³-hybridized carbons (Fsp3) is 0.353. The van der Waals surface area contributed by atoms with Crippen LogP contribution in [-0.2, 0) is 17.8 Å². The zero-order valence-electron chi connectivity index (χ0n) is 15.7. The van der Waals surface area contributed by atoms with Crippen molar-refractivity contribution >= 4 is 24.9 Å². The third kappa shape index (κ3) is 4.11. The number of nitrogens with zero attached hydrogens (tertiary/aromatic N) is 3. The fourth-order valence-corrected chi connectivity index (χ4v) is 3.25. The van der Waals surface area contributed by atoms with Crippen molar-refractivity contribution in [2.24, 2.45) is 0 Å². The number of carboxylic acid groups (broad SMARTS) is 1. The summed E-state index contributed by atoms with van der Waals surface area (Å²) in [4.78, 5) is 35.7. The Hall–Kier alpha value is -3.45. The molecule has 1 atom stereocenters. The molecule has 3 heterocycles. The molecule has 30 heavy (non-hydrogen) atoms. The normalized spacial score (nSPS) is 18.0. The monoisotopic (exact) mass is 414 g/mol. The number of aromatic carboxylic acids is 1. The van der Waals surface area contributed by atoms with E-state index in [2.05, 4.69) is 26.3 Å². The van der Waals surface area contributed by atoms with Crippen LogP contribution in [0.25, 0.3) is 0 Å². The summed E-state index contributed by atoms with van der Waals surface area (Å²) in [5.41, 5.74) is 0.615. The Morgan fingerprint density at radius 3 is 2.80 bits per heavy atom. The molecule has 2 amide bonds. The van der Waals surface area contributed by atoms with E-state index in [0.717, 1.165) is 0 Å². The van der Waals surface area contributed by atoms with Gasteiger partial charge < -0.3 is 30.7 Å². The highest BCUT2D eigenvalue weighted by molar-refractivity contribution is 6.47. The molecule has 1 fully saturated rings. The molecule has 13 heteroatoms. The molecule has 156 valence electrons. The molecule has 2 aliphatic heterocycles. The molecule has 5 N–H and O–H groups in total. The van der Waals surface area contributed by atoms with Crippen molar-refractivity contribution < 1.29 is 29.2 Å². The molecule has 0 saturated carbocycles. The van der Waals surface area contributed by atoms with Crippen LogP contribution in [0.1, 0.15) is 26.4 Å². The van der Waals surface area contributed by atoms with Gasteiger partial charge >= 0.3 is 13.1 Å². The number of hydrogen-bond acceptors (Lipinski definition) is 8. The summed E-state index contributed by atoms with van der Waals surface area (Å²) >= 11 is 0. The van der Waals surface area contributed by atoms with Gasteiger partial charge in [-0.25, -0.2) is 9.48 Å². The highest BCUT2D eigenvalue weighted by Gasteiger charge is 2.37. The SMILES string of the molecule is O=C(Cn1cc(C(=O)NC2CNC2)nn1)NC1Cc2cccc(C(=O)O)c2OB1O. The van der Waals surface area contributed by atoms with Crippen molar-refractivity contribution in [2.45, 2.75) is 24.9 Å². The molecule has 0 radical (unpaired) electrons. The van der Waals surface area contributed by atoms with Gasteiger partial charge in [0, 0.05) is 13.1 Å². The number of nitrogens with one attached hydrogen (secondary N) is 3. The van der Waals surface area contributed by atoms with Crippen molar-refractivity contribution in [3.05, 3.63) is 41.2 Å². The first-order valence-electron chi connectivity index (χ1n) is 9.31. The van der Waals surface area contributed by atoms with Gasteiger partial charge in [-0.05, 0) is 18.1 Å². The van der Waals surface area contributed by atoms with Crippen LogP contribution in [-0.4, -0.2) is 75.1 Å². The predicted molar refractivity (Wildman–Crippen MR) is 102 cm³/mol. The van der Waals surface area contributed by atoms with Crippen LogP contribution in [0, 0.1) is 0 Å². The minimum absolute atomic E-state index is 0.0533. The van der Waals surface area contributed by atoms with Crippen LogP contribution >= 0.6 is 0 Å². The van der Waals surface area contributed by atoms with E-state index in [0.29, 0.717) is 18.7 Å². The minimum atomic E-state index is -1.41. The summed E-state index contributed by atoms with van der Waals surface area (Å²) in [5.74, 6) is -2.68. The molecule has 1 aromatic carbocycles. The molecule has 0 spiro atoms. The lowest BCUT2D eigenvalue weighted by molar-refractivity contribution is -0.122. The first kappa shape index (κ1) is 19.9. The zero-order valence-corrected chi connectivity index (χ0v) is 15.7. The zero-order chi connectivity index (χ0) is 21.3. The maximum atomic E-state index is 12.4. The second kappa shape index (κ2) is 8.12. The van der Waals surface area contributed by atoms with Crippen LogP contribution in [0.5, 0.6) is 5.75 Å². The first-order chi connectivity index (χ1) is 14.4. The summed E-state index contributed by atoms with van der Waals surface area (Å²) in [5, 5.41) is 35.4. The fourth-order valence-electron chi connectivity index (χ4n) is 3.25. The van der Waals surface area contributed by atoms with Gasteiger partial charge in [-0.15, -0.1) is 5.10 Å². The Morgan fingerprint density at radius 1 is 1.30 bits per heavy atom. The topological polar surface area (TPSA) is 168 Å². The van der Waals surface area contributed by atoms with E-state index < -0.39 is 24.9 Å². The molecular weight excluding hydrogens is 395 g/mol. The maximum absolute atomic E-state index is 12.4. The quantitative estimate of drug-likeness (QED) is 0.330. The number of carbonyl (C=O) groups excluding carboxylic acids is 2. The third-order valence-corrected chi connectivity index (χ3v) is 4.89. The van der Waals surface area contributed by atoms with Crippen molar-refractivity contribution in [3.8, 4) is 5.75 Å². The van der Waals surface area contributed by atoms with Crippen molar-refractivity contribution in [1.82, 2.24) is 30.9 Å². The van der Waals surface area contributed by atoms with Gasteiger partial charge in [0.1, 0.15) is 12.3 Å². The first-order valence-corrected chi connectivity index (χ1v) is 9.31. The average molecular weight is 414 g/mol. The van der Waals surface area contributed by atoms with Gasteiger partial charge in [-0.3, -0.25) is 9.59 Å². The Labute approximate surface area is 170 Å². The van der Waals surface area contributed by atoms with Crippen molar-refractivity contribution in [1.29, 1.82) is 0 Å². The summed E-state index contributed by atoms with van der Waals surface area (Å²) in [6.07, 6.45) is 1.56. The molecule has 2 aliphatic rings. The lowest BCUT2D eigenvalue weighted by Crippen LogP contribution is -2.57. The standard InChI is InChI=1S/C17H19BN6O6/c25-14(8-24-7-12(22-23-24)16(26)20-10-5-19-6-10)21-13-4-9-2-1-3-11(17(27)28)15(9)30-18(13)29/h1-3,7,10,13,19,29H,4-6,8H2,(H,20,26)(H,21,25)(H,27,28). The maximum Gasteiger partial charge on any atom is 0.547 e. The molecule has 0 bridgehead atoms. The second-order valence-electron chi connectivity index (χ2n) is 7.12. The summed E-state index contributed by atoms with van der Waals surface area (Å²) < 4.78 is 6.56. The average Bonchev–Trinajstić information content (AvgIpc) is 3.13. The number of aromatic nitrogens is 3. The number of hydrogen-bond donors (Lipinski definition) is 5. The van der Waals surface area contributed by atoms with E-state index in [4.69, 9.17) is 4.65 Å². The highest BCUT2D eigenvalue weighted by atomic mass is 16.5. The van der Waals surface area contributed by atoms with Gasteiger partial charge in [0.25, 0.3) is 5.91 Å². The molecular formula is C17H19BN6O6. The minimum Gasteiger partial charge on any atom is -0.534 e. The highest BCUT2D eigenvalue weighted by Crippen LogP contribution is 2.30. The van der Waals surface area contributed by atoms with E-state index in [9.17, 15) is 24.5 Å². The van der Waals surface area contributed by atoms with E-state index in [-0.39, 0.29) is 41.9 Å². The molecule has 1 unspecified atom stereocenters. The number of benzene rings is 1. The molecule has 1 saturated heterocycles. The Bertz CT molecular complexity index is 993. The van der Waals surface area contributed by atoms with E-state index in [1.54, 1.807) is 12.1 Å². The van der Waals surface area contributed by atoms with Gasteiger partial charge in [-0.2, -0.15) is 0 Å². The molecule has 0 aliphatic carbocycles. The Kier molecular flexibility index (Phi) is 5.38. The van der Waals surface area contributed by atoms with Crippen LogP contribution in [0.3, 0.4) is 0 Å². The number of rotatable bonds is 6. The van der Waals surface area contributed by atoms with E-state index >= 15 is 0 Å². The van der Waals surface area contributed by atoms with Crippen LogP contribution in [0.15, 0.2) is 24.4 Å². The van der Waals surface area contributed by atoms with Crippen molar-refractivity contribution in [3.63, 3.8) is 0 Å². The van der Waals surface area contributed by atoms with E-state index in [1.807, 2.05) is 0 Å². The Balaban J connectivity index is 1.36. The van der Waals surface area contributed by atoms with Crippen LogP contribution in [0.2, 0.25) is 0 Å². The van der Waals surface area contributed by atoms with Gasteiger partial charge in [-0.1, -0.05) is 17.3 Å². The summed E-state index contributed by atoms with van der Waals surface area (Å²) in [6.45, 7) is 1.19. The molecule has 2 aromatic rings. The summed E-state index contributed by atoms with van der Waals surface area (Å²) in [6, 6.07) is 4.69. The second-order valence-corrected chi connectivity index (χ2v) is 7.12. The van der Waals surface area contributed by atoms with Gasteiger partial charge in [0.15, 0.2) is 5.69 Å². The Morgan fingerprint density at radius 2 is 2.10 bits per heavy atom. The lowest BCUT2D eigenvalue weighted by atomic mass is 9.72. The third-order valence-electron chi connectivity index (χ3n) is 4.89. The number of amides is 2. The number of para-hydroxylation sites is 1. The van der Waals surface area contributed by atoms with Gasteiger partial charge in [0.2, 0.25) is 5.91 Å². The largest absolute Gasteiger partial charge is 0.547 e. The molecule has 1 aromatic heterocycles. The molecule has 4 rings (SSSR count). The van der Waals surface area contributed by atoms with Crippen molar-refractivity contribution in [2.75, 3.05) is 13.1 Å². The number of carbonyl (C=O) groups is 3. The lowest BCUT2D eigenvalue weighted by Gasteiger charge is -2.28. The van der Waals surface area contributed by atoms with E-state index in [1.165, 1.54) is 16.9 Å². The smallest absolute Gasteiger partial charge is 0.534 e. The molecule has 12 nitrogen and oxygen atoms in total. The number of fused-ring (bicyclic) bond motifs is 1. The summed E-state index contributed by atoms with van der Waals surface area (Å²) in [7, 11) is -1.41. The van der Waals surface area contributed by atoms with Crippen LogP contribution in [0.4, 0.5) is 0 Å².